The molecule has 1 aromatic carbocycles. The van der Waals surface area contributed by atoms with Crippen LogP contribution in [0.25, 0.3) is 0 Å². The minimum absolute atomic E-state index is 0.814. The van der Waals surface area contributed by atoms with Crippen LogP contribution in [-0.4, -0.2) is 13.1 Å². The molecule has 1 rings (SSSR count). The maximum absolute atomic E-state index is 3.78. The predicted molar refractivity (Wildman–Crippen MR) is 71.8 cm³/mol. The Hall–Kier alpha value is -1.76. The van der Waals surface area contributed by atoms with Crippen LogP contribution in [0, 0.1) is 6.07 Å². The Morgan fingerprint density at radius 2 is 1.81 bits per heavy atom. The van der Waals surface area contributed by atoms with Crippen molar-refractivity contribution in [2.45, 2.75) is 6.42 Å². The third kappa shape index (κ3) is 3.13. The summed E-state index contributed by atoms with van der Waals surface area (Å²) in [7, 11) is 0. The molecule has 0 amide bonds. The van der Waals surface area contributed by atoms with E-state index >= 15 is 0 Å². The van der Waals surface area contributed by atoms with Crippen LogP contribution in [0.15, 0.2) is 56.2 Å². The molecule has 0 bridgehead atoms. The number of allylic oxidation sites excluding steroid dienone is 1. The molecule has 0 fully saturated rings. The first kappa shape index (κ1) is 12.3. The van der Waals surface area contributed by atoms with Crippen molar-refractivity contribution in [1.29, 1.82) is 0 Å². The molecule has 0 aromatic heterocycles. The highest BCUT2D eigenvalue weighted by molar-refractivity contribution is 5.54. The standard InChI is InChI=1S/C15H18N/c1-4-9-14-10-7-8-11-15(14)16(12-5-2)13-6-3/h4-8,11H,1-3,9,12-13H2. The molecule has 0 atom stereocenters. The van der Waals surface area contributed by atoms with E-state index in [1.165, 1.54) is 11.3 Å². The van der Waals surface area contributed by atoms with Crippen LogP contribution in [0.5, 0.6) is 0 Å². The molecule has 16 heavy (non-hydrogen) atoms. The lowest BCUT2D eigenvalue weighted by Crippen LogP contribution is -2.24. The topological polar surface area (TPSA) is 3.24 Å². The summed E-state index contributed by atoms with van der Waals surface area (Å²) in [4.78, 5) is 2.22. The van der Waals surface area contributed by atoms with Crippen molar-refractivity contribution < 1.29 is 0 Å². The van der Waals surface area contributed by atoms with Gasteiger partial charge >= 0.3 is 0 Å². The molecule has 0 aliphatic heterocycles. The number of hydrogen-bond acceptors (Lipinski definition) is 1. The Morgan fingerprint density at radius 3 is 2.38 bits per heavy atom. The Balaban J connectivity index is 3.00. The second-order valence-corrected chi connectivity index (χ2v) is 3.51. The van der Waals surface area contributed by atoms with E-state index < -0.39 is 0 Å². The molecule has 0 heterocycles. The first-order valence-electron chi connectivity index (χ1n) is 5.40. The third-order valence-corrected chi connectivity index (χ3v) is 2.31. The average Bonchev–Trinajstić information content (AvgIpc) is 2.30. The van der Waals surface area contributed by atoms with Crippen LogP contribution < -0.4 is 4.90 Å². The van der Waals surface area contributed by atoms with E-state index in [0.29, 0.717) is 0 Å². The molecule has 0 aliphatic rings. The summed E-state index contributed by atoms with van der Waals surface area (Å²) in [5.41, 5.74) is 2.35. The highest BCUT2D eigenvalue weighted by Crippen LogP contribution is 2.20. The molecule has 1 heteroatoms. The zero-order valence-corrected chi connectivity index (χ0v) is 9.65. The van der Waals surface area contributed by atoms with Gasteiger partial charge in [-0.05, 0) is 24.1 Å². The summed E-state index contributed by atoms with van der Waals surface area (Å²) in [5.74, 6) is 0. The number of hydrogen-bond donors (Lipinski definition) is 0. The van der Waals surface area contributed by atoms with Gasteiger partial charge in [0, 0.05) is 18.8 Å². The molecule has 83 valence electrons. The zero-order valence-electron chi connectivity index (χ0n) is 9.65. The van der Waals surface area contributed by atoms with Gasteiger partial charge in [0.15, 0.2) is 0 Å². The summed E-state index contributed by atoms with van der Waals surface area (Å²) >= 11 is 0. The fourth-order valence-corrected chi connectivity index (χ4v) is 1.65. The summed E-state index contributed by atoms with van der Waals surface area (Å²) < 4.78 is 0. The van der Waals surface area contributed by atoms with Gasteiger partial charge < -0.3 is 4.90 Å². The van der Waals surface area contributed by atoms with Crippen LogP contribution in [0.3, 0.4) is 0 Å². The van der Waals surface area contributed by atoms with E-state index in [2.05, 4.69) is 36.8 Å². The van der Waals surface area contributed by atoms with Gasteiger partial charge in [0.1, 0.15) is 0 Å². The van der Waals surface area contributed by atoms with Crippen molar-refractivity contribution in [3.8, 4) is 0 Å². The van der Waals surface area contributed by atoms with Crippen LogP contribution in [-0.2, 0) is 6.42 Å². The molecule has 0 saturated heterocycles. The van der Waals surface area contributed by atoms with Gasteiger partial charge in [0.25, 0.3) is 0 Å². The van der Waals surface area contributed by atoms with E-state index in [-0.39, 0.29) is 0 Å². The number of nitrogens with zero attached hydrogens (tertiary/aromatic N) is 1. The molecule has 1 nitrogen and oxygen atoms in total. The van der Waals surface area contributed by atoms with E-state index in [9.17, 15) is 0 Å². The normalized spacial score (nSPS) is 9.50. The maximum Gasteiger partial charge on any atom is 0.0413 e. The third-order valence-electron chi connectivity index (χ3n) is 2.31. The van der Waals surface area contributed by atoms with Crippen molar-refractivity contribution in [2.75, 3.05) is 18.0 Å². The van der Waals surface area contributed by atoms with Gasteiger partial charge in [-0.2, -0.15) is 0 Å². The highest BCUT2D eigenvalue weighted by Gasteiger charge is 2.07. The molecule has 0 spiro atoms. The molecular weight excluding hydrogens is 194 g/mol. The Bertz CT molecular complexity index is 355. The zero-order chi connectivity index (χ0) is 11.8. The quantitative estimate of drug-likeness (QED) is 0.626. The van der Waals surface area contributed by atoms with Gasteiger partial charge in [-0.25, -0.2) is 0 Å². The van der Waals surface area contributed by atoms with E-state index in [1.807, 2.05) is 30.4 Å². The molecule has 0 aliphatic carbocycles. The molecule has 0 saturated carbocycles. The molecule has 1 aromatic rings. The Morgan fingerprint density at radius 1 is 1.12 bits per heavy atom. The van der Waals surface area contributed by atoms with Crippen LogP contribution in [0.1, 0.15) is 5.56 Å². The minimum atomic E-state index is 0.814. The Labute approximate surface area is 98.4 Å². The van der Waals surface area contributed by atoms with Gasteiger partial charge in [0.2, 0.25) is 0 Å². The summed E-state index contributed by atoms with van der Waals surface area (Å²) in [6.45, 7) is 13.0. The van der Waals surface area contributed by atoms with Crippen molar-refractivity contribution in [2.24, 2.45) is 0 Å². The van der Waals surface area contributed by atoms with Crippen molar-refractivity contribution in [3.63, 3.8) is 0 Å². The van der Waals surface area contributed by atoms with Crippen molar-refractivity contribution >= 4 is 5.69 Å². The van der Waals surface area contributed by atoms with Gasteiger partial charge in [-0.1, -0.05) is 30.4 Å². The van der Waals surface area contributed by atoms with Crippen LogP contribution in [0.2, 0.25) is 0 Å². The van der Waals surface area contributed by atoms with Crippen LogP contribution in [0.4, 0.5) is 5.69 Å². The summed E-state index contributed by atoms with van der Waals surface area (Å²) in [5, 5.41) is 0. The first-order chi connectivity index (χ1) is 7.83. The van der Waals surface area contributed by atoms with E-state index in [0.717, 1.165) is 19.5 Å². The first-order valence-corrected chi connectivity index (χ1v) is 5.40. The number of rotatable bonds is 7. The van der Waals surface area contributed by atoms with Gasteiger partial charge in [0.05, 0.1) is 0 Å². The number of anilines is 1. The molecule has 0 N–H and O–H groups in total. The second kappa shape index (κ2) is 6.67. The number of benzene rings is 1. The highest BCUT2D eigenvalue weighted by atomic mass is 15.1. The minimum Gasteiger partial charge on any atom is -0.364 e. The lowest BCUT2D eigenvalue weighted by Gasteiger charge is -2.24. The second-order valence-electron chi connectivity index (χ2n) is 3.51. The maximum atomic E-state index is 3.78. The molecular formula is C15H18N. The predicted octanol–water partition coefficient (Wildman–Crippen LogP) is 3.39. The summed E-state index contributed by atoms with van der Waals surface area (Å²) in [6.07, 6.45) is 6.53. The van der Waals surface area contributed by atoms with E-state index in [4.69, 9.17) is 0 Å². The molecule has 0 unspecified atom stereocenters. The smallest absolute Gasteiger partial charge is 0.0413 e. The lowest BCUT2D eigenvalue weighted by atomic mass is 10.1. The monoisotopic (exact) mass is 212 g/mol. The largest absolute Gasteiger partial charge is 0.364 e. The molecule has 1 radical (unpaired) electrons. The van der Waals surface area contributed by atoms with Crippen LogP contribution >= 0.6 is 0 Å². The van der Waals surface area contributed by atoms with Crippen molar-refractivity contribution in [3.05, 3.63) is 67.8 Å². The van der Waals surface area contributed by atoms with Crippen molar-refractivity contribution in [1.82, 2.24) is 0 Å². The Kier molecular flexibility index (Phi) is 5.13. The van der Waals surface area contributed by atoms with Gasteiger partial charge in [-0.15, -0.1) is 19.7 Å². The van der Waals surface area contributed by atoms with Gasteiger partial charge in [-0.3, -0.25) is 0 Å². The lowest BCUT2D eigenvalue weighted by molar-refractivity contribution is 0.944. The van der Waals surface area contributed by atoms with E-state index in [1.54, 1.807) is 0 Å². The summed E-state index contributed by atoms with van der Waals surface area (Å²) in [6, 6.07) is 9.29. The fraction of sp³-hybridized carbons (Fsp3) is 0.200. The average molecular weight is 212 g/mol. The SMILES string of the molecule is C=CCc1[c]cccc1N(CC=C)CC=C. The fourth-order valence-electron chi connectivity index (χ4n) is 1.65.